The van der Waals surface area contributed by atoms with Crippen molar-refractivity contribution >= 4 is 31.6 Å². The summed E-state index contributed by atoms with van der Waals surface area (Å²) < 4.78 is 22.5. The fraction of sp³-hybridized carbons (Fsp3) is 0.500. The molecule has 0 aliphatic carbocycles. The predicted octanol–water partition coefficient (Wildman–Crippen LogP) is 5.84. The molecule has 0 unspecified atom stereocenters. The van der Waals surface area contributed by atoms with E-state index in [1.54, 1.807) is 18.0 Å². The molecular formula is C40H51FN4O4Si. The van der Waals surface area contributed by atoms with Crippen molar-refractivity contribution in [3.63, 3.8) is 0 Å². The van der Waals surface area contributed by atoms with Gasteiger partial charge in [-0.1, -0.05) is 61.5 Å². The monoisotopic (exact) mass is 698 g/mol. The van der Waals surface area contributed by atoms with Crippen LogP contribution in [0, 0.1) is 5.92 Å². The number of fused-ring (bicyclic) bond motifs is 1. The number of benzene rings is 3. The van der Waals surface area contributed by atoms with Crippen LogP contribution < -0.4 is 15.1 Å². The van der Waals surface area contributed by atoms with E-state index in [1.807, 2.05) is 53.4 Å². The number of piperidine rings is 1. The topological polar surface area (TPSA) is 85.4 Å². The summed E-state index contributed by atoms with van der Waals surface area (Å²) in [6, 6.07) is 26.3. The van der Waals surface area contributed by atoms with Crippen LogP contribution in [0.4, 0.5) is 15.5 Å². The zero-order chi connectivity index (χ0) is 35.0. The van der Waals surface area contributed by atoms with Gasteiger partial charge in [0, 0.05) is 23.5 Å². The first kappa shape index (κ1) is 34.9. The van der Waals surface area contributed by atoms with Crippen molar-refractivity contribution < 1.29 is 23.5 Å². The molecular weight excluding hydrogens is 648 g/mol. The van der Waals surface area contributed by atoms with Crippen LogP contribution in [0.2, 0.25) is 18.6 Å². The number of carbonyl (C=O) groups excluding carboxylic acids is 2. The Morgan fingerprint density at radius 3 is 2.32 bits per heavy atom. The fourth-order valence-electron chi connectivity index (χ4n) is 9.23. The van der Waals surface area contributed by atoms with E-state index >= 15 is 4.11 Å². The normalized spacial score (nSPS) is 26.5. The molecule has 7 rings (SSSR count). The lowest BCUT2D eigenvalue weighted by molar-refractivity contribution is -0.138. The zero-order valence-electron chi connectivity index (χ0n) is 29.6. The van der Waals surface area contributed by atoms with Gasteiger partial charge in [-0.05, 0) is 105 Å². The lowest BCUT2D eigenvalue weighted by atomic mass is 9.86. The second-order valence-electron chi connectivity index (χ2n) is 15.3. The Kier molecular flexibility index (Phi) is 9.91. The number of nitrogens with zero attached hydrogens (tertiary/aromatic N) is 3. The SMILES string of the molecule is C[C@@H]1[C@@H]([Si](C)(C)F)[C@H](CC(=O)N2Cc3ccccc3C[C@H]2CO)O[C@@H]1CCc1ccc(N2CN(c3ccccc3)C3(CCNCC3)C2=O)cc1. The molecule has 0 saturated carbocycles. The molecule has 4 heterocycles. The van der Waals surface area contributed by atoms with Gasteiger partial charge in [0.15, 0.2) is 0 Å². The maximum absolute atomic E-state index is 15.9. The number of anilines is 2. The molecule has 50 heavy (non-hydrogen) atoms. The van der Waals surface area contributed by atoms with Gasteiger partial charge in [-0.2, -0.15) is 0 Å². The Hall–Kier alpha value is -3.57. The van der Waals surface area contributed by atoms with Gasteiger partial charge < -0.3 is 29.1 Å². The van der Waals surface area contributed by atoms with Crippen LogP contribution in [0.1, 0.15) is 49.3 Å². The smallest absolute Gasteiger partial charge is 0.254 e. The number of para-hydroxylation sites is 1. The highest BCUT2D eigenvalue weighted by Crippen LogP contribution is 2.47. The number of rotatable bonds is 9. The number of hydrogen-bond acceptors (Lipinski definition) is 6. The number of amides is 2. The Labute approximate surface area is 296 Å². The molecule has 1 spiro atoms. The third-order valence-electron chi connectivity index (χ3n) is 11.9. The molecule has 266 valence electrons. The minimum Gasteiger partial charge on any atom is -0.394 e. The molecule has 5 atom stereocenters. The zero-order valence-corrected chi connectivity index (χ0v) is 30.6. The van der Waals surface area contributed by atoms with Gasteiger partial charge in [-0.3, -0.25) is 14.5 Å². The molecule has 2 N–H and O–H groups in total. The molecule has 4 aliphatic rings. The molecule has 3 fully saturated rings. The van der Waals surface area contributed by atoms with Crippen LogP contribution in [0.25, 0.3) is 0 Å². The average Bonchev–Trinajstić information content (AvgIpc) is 3.59. The van der Waals surface area contributed by atoms with Crippen molar-refractivity contribution in [3.05, 3.63) is 95.6 Å². The summed E-state index contributed by atoms with van der Waals surface area (Å²) in [5.41, 5.74) is 4.53. The molecule has 0 bridgehead atoms. The molecule has 3 aromatic rings. The highest BCUT2D eigenvalue weighted by Gasteiger charge is 2.54. The maximum Gasteiger partial charge on any atom is 0.254 e. The van der Waals surface area contributed by atoms with Crippen molar-refractivity contribution in [2.24, 2.45) is 5.92 Å². The van der Waals surface area contributed by atoms with Crippen molar-refractivity contribution in [2.45, 2.75) is 94.4 Å². The first-order valence-corrected chi connectivity index (χ1v) is 21.3. The van der Waals surface area contributed by atoms with Crippen molar-refractivity contribution in [2.75, 3.05) is 36.2 Å². The summed E-state index contributed by atoms with van der Waals surface area (Å²) in [6.45, 7) is 8.05. The molecule has 8 nitrogen and oxygen atoms in total. The molecule has 4 aliphatic heterocycles. The van der Waals surface area contributed by atoms with E-state index in [0.717, 1.165) is 66.8 Å². The molecule has 3 aromatic carbocycles. The summed E-state index contributed by atoms with van der Waals surface area (Å²) in [4.78, 5) is 33.8. The number of ether oxygens (including phenoxy) is 1. The number of halogens is 1. The predicted molar refractivity (Wildman–Crippen MR) is 197 cm³/mol. The van der Waals surface area contributed by atoms with Crippen LogP contribution in [0.3, 0.4) is 0 Å². The Balaban J connectivity index is 1.01. The first-order chi connectivity index (χ1) is 24.1. The number of aliphatic hydroxyl groups is 1. The van der Waals surface area contributed by atoms with E-state index < -0.39 is 20.1 Å². The Morgan fingerprint density at radius 1 is 0.960 bits per heavy atom. The Morgan fingerprint density at radius 2 is 1.64 bits per heavy atom. The standard InChI is InChI=1S/C40H51FN4O4Si/c1-28-35(49-36(38(28)50(2,3)41)24-37(47)43-25-31-10-8-7-9-30(31)23-34(43)26-46)18-15-29-13-16-32(17-14-29)44-27-45(33-11-5-4-6-12-33)40(39(44)48)19-21-42-22-20-40/h4-14,16-17,28,34-36,38,42,46H,15,18-27H2,1-3H3/t28-,34-,35+,36-,38+/m0/s1. The van der Waals surface area contributed by atoms with Gasteiger partial charge in [0.25, 0.3) is 5.91 Å². The summed E-state index contributed by atoms with van der Waals surface area (Å²) in [6.07, 6.45) is 3.13. The lowest BCUT2D eigenvalue weighted by Crippen LogP contribution is -2.55. The van der Waals surface area contributed by atoms with E-state index in [4.69, 9.17) is 4.74 Å². The van der Waals surface area contributed by atoms with Gasteiger partial charge in [0.05, 0.1) is 37.9 Å². The van der Waals surface area contributed by atoms with Crippen LogP contribution in [0.5, 0.6) is 0 Å². The first-order valence-electron chi connectivity index (χ1n) is 18.3. The van der Waals surface area contributed by atoms with E-state index in [2.05, 4.69) is 47.5 Å². The second kappa shape index (κ2) is 14.2. The summed E-state index contributed by atoms with van der Waals surface area (Å²) in [5.74, 6) is 0.0677. The second-order valence-corrected chi connectivity index (χ2v) is 19.1. The van der Waals surface area contributed by atoms with E-state index in [1.165, 1.54) is 0 Å². The number of aryl methyl sites for hydroxylation is 1. The lowest BCUT2D eigenvalue weighted by Gasteiger charge is -2.39. The third-order valence-corrected chi connectivity index (χ3v) is 14.3. The van der Waals surface area contributed by atoms with Gasteiger partial charge in [0.1, 0.15) is 5.54 Å². The summed E-state index contributed by atoms with van der Waals surface area (Å²) in [7, 11) is -3.17. The van der Waals surface area contributed by atoms with Crippen LogP contribution in [0.15, 0.2) is 78.9 Å². The van der Waals surface area contributed by atoms with Crippen LogP contribution in [-0.2, 0) is 33.7 Å². The average molecular weight is 699 g/mol. The van der Waals surface area contributed by atoms with Crippen molar-refractivity contribution in [1.29, 1.82) is 0 Å². The van der Waals surface area contributed by atoms with Gasteiger partial charge in [-0.25, -0.2) is 0 Å². The quantitative estimate of drug-likeness (QED) is 0.216. The molecule has 3 saturated heterocycles. The summed E-state index contributed by atoms with van der Waals surface area (Å²) in [5, 5.41) is 13.6. The Bertz CT molecular complexity index is 1660. The van der Waals surface area contributed by atoms with Gasteiger partial charge >= 0.3 is 0 Å². The van der Waals surface area contributed by atoms with E-state index in [-0.39, 0.29) is 48.4 Å². The van der Waals surface area contributed by atoms with Crippen LogP contribution >= 0.6 is 0 Å². The molecule has 2 amide bonds. The number of hydrogen-bond donors (Lipinski definition) is 2. The van der Waals surface area contributed by atoms with Crippen molar-refractivity contribution in [1.82, 2.24) is 10.2 Å². The van der Waals surface area contributed by atoms with Crippen molar-refractivity contribution in [3.8, 4) is 0 Å². The van der Waals surface area contributed by atoms with E-state index in [0.29, 0.717) is 19.6 Å². The third kappa shape index (κ3) is 6.63. The minimum absolute atomic E-state index is 0.0122. The number of nitrogens with one attached hydrogen (secondary N) is 1. The molecule has 0 radical (unpaired) electrons. The van der Waals surface area contributed by atoms with E-state index in [9.17, 15) is 14.7 Å². The molecule has 10 heteroatoms. The fourth-order valence-corrected chi connectivity index (χ4v) is 11.8. The minimum atomic E-state index is -3.17. The van der Waals surface area contributed by atoms with Gasteiger partial charge in [-0.15, -0.1) is 0 Å². The number of aliphatic hydroxyl groups excluding tert-OH is 1. The highest BCUT2D eigenvalue weighted by atomic mass is 28.4. The number of carbonyl (C=O) groups is 2. The largest absolute Gasteiger partial charge is 0.394 e. The summed E-state index contributed by atoms with van der Waals surface area (Å²) >= 11 is 0. The molecule has 0 aromatic heterocycles. The highest BCUT2D eigenvalue weighted by molar-refractivity contribution is 6.72. The maximum atomic E-state index is 15.9. The van der Waals surface area contributed by atoms with Gasteiger partial charge in [0.2, 0.25) is 14.3 Å². The van der Waals surface area contributed by atoms with Crippen LogP contribution in [-0.4, -0.2) is 80.4 Å².